The van der Waals surface area contributed by atoms with E-state index in [1.54, 1.807) is 0 Å². The van der Waals surface area contributed by atoms with E-state index in [-0.39, 0.29) is 5.96 Å². The van der Waals surface area contributed by atoms with Crippen LogP contribution >= 0.6 is 0 Å². The molecule has 0 fully saturated rings. The fourth-order valence-corrected chi connectivity index (χ4v) is 0.194. The second-order valence-corrected chi connectivity index (χ2v) is 1.29. The first-order valence-electron chi connectivity index (χ1n) is 2.27. The topological polar surface area (TPSA) is 50.7 Å². The van der Waals surface area contributed by atoms with Gasteiger partial charge in [0.2, 0.25) is 5.96 Å². The van der Waals surface area contributed by atoms with Gasteiger partial charge in [0, 0.05) is 7.05 Å². The average Bonchev–Trinajstić information content (AvgIpc) is 1.83. The molecule has 0 aromatic heterocycles. The molecule has 0 rings (SSSR count). The van der Waals surface area contributed by atoms with Gasteiger partial charge in [-0.3, -0.25) is 4.99 Å². The van der Waals surface area contributed by atoms with Gasteiger partial charge in [-0.2, -0.15) is 0 Å². The van der Waals surface area contributed by atoms with Crippen molar-refractivity contribution in [2.45, 2.75) is 0 Å². The van der Waals surface area contributed by atoms with E-state index < -0.39 is 5.83 Å². The van der Waals surface area contributed by atoms with Crippen molar-refractivity contribution in [2.24, 2.45) is 15.7 Å². The highest BCUT2D eigenvalue weighted by Gasteiger charge is 1.81. The molecule has 0 radical (unpaired) electrons. The Hall–Kier alpha value is -1.19. The number of guanidine groups is 1. The predicted octanol–water partition coefficient (Wildman–Crippen LogP) is 0.485. The fourth-order valence-electron chi connectivity index (χ4n) is 0.194. The Morgan fingerprint density at radius 1 is 1.78 bits per heavy atom. The van der Waals surface area contributed by atoms with Gasteiger partial charge in [0.1, 0.15) is 5.83 Å². The lowest BCUT2D eigenvalue weighted by Gasteiger charge is -1.84. The van der Waals surface area contributed by atoms with Crippen molar-refractivity contribution in [2.75, 3.05) is 7.05 Å². The molecule has 9 heavy (non-hydrogen) atoms. The number of nitrogens with zero attached hydrogens (tertiary/aromatic N) is 2. The second-order valence-electron chi connectivity index (χ2n) is 1.29. The quantitative estimate of drug-likeness (QED) is 0.406. The summed E-state index contributed by atoms with van der Waals surface area (Å²) in [5, 5.41) is 0. The normalized spacial score (nSPS) is 12.4. The molecule has 0 atom stereocenters. The van der Waals surface area contributed by atoms with Gasteiger partial charge >= 0.3 is 0 Å². The first-order valence-corrected chi connectivity index (χ1v) is 2.27. The third kappa shape index (κ3) is 4.67. The zero-order valence-corrected chi connectivity index (χ0v) is 5.13. The smallest absolute Gasteiger partial charge is 0.215 e. The van der Waals surface area contributed by atoms with E-state index in [4.69, 9.17) is 5.73 Å². The molecule has 0 aliphatic heterocycles. The van der Waals surface area contributed by atoms with Gasteiger partial charge in [0.15, 0.2) is 0 Å². The van der Waals surface area contributed by atoms with E-state index in [2.05, 4.69) is 16.6 Å². The molecule has 50 valence electrons. The van der Waals surface area contributed by atoms with Crippen molar-refractivity contribution >= 4 is 12.2 Å². The number of hydrogen-bond donors (Lipinski definition) is 1. The summed E-state index contributed by atoms with van der Waals surface area (Å²) in [5.74, 6) is -0.601. The number of allylic oxidation sites excluding steroid dienone is 1. The molecule has 3 nitrogen and oxygen atoms in total. The Balaban J connectivity index is 3.86. The molecule has 0 heterocycles. The molecule has 0 aliphatic rings. The maximum Gasteiger partial charge on any atom is 0.215 e. The van der Waals surface area contributed by atoms with Crippen LogP contribution in [0.3, 0.4) is 0 Å². The number of halogens is 1. The molecule has 0 saturated carbocycles. The summed E-state index contributed by atoms with van der Waals surface area (Å²) < 4.78 is 11.7. The minimum Gasteiger partial charge on any atom is -0.368 e. The van der Waals surface area contributed by atoms with Crippen molar-refractivity contribution in [3.05, 3.63) is 12.4 Å². The summed E-state index contributed by atoms with van der Waals surface area (Å²) in [4.78, 5) is 6.82. The molecule has 0 spiro atoms. The minimum absolute atomic E-state index is 0.0359. The summed E-state index contributed by atoms with van der Waals surface area (Å²) in [7, 11) is 1.47. The van der Waals surface area contributed by atoms with Gasteiger partial charge in [-0.1, -0.05) is 6.58 Å². The van der Waals surface area contributed by atoms with E-state index in [0.717, 1.165) is 6.21 Å². The first-order chi connectivity index (χ1) is 4.16. The zero-order valence-electron chi connectivity index (χ0n) is 5.13. The molecule has 2 N–H and O–H groups in total. The van der Waals surface area contributed by atoms with Crippen LogP contribution in [0.15, 0.2) is 22.4 Å². The van der Waals surface area contributed by atoms with Crippen LogP contribution in [-0.4, -0.2) is 19.2 Å². The third-order valence-electron chi connectivity index (χ3n) is 0.566. The average molecular weight is 129 g/mol. The lowest BCUT2D eigenvalue weighted by Crippen LogP contribution is -2.07. The van der Waals surface area contributed by atoms with Crippen LogP contribution in [0.4, 0.5) is 4.39 Å². The lowest BCUT2D eigenvalue weighted by molar-refractivity contribution is 0.691. The Kier molecular flexibility index (Phi) is 3.27. The first kappa shape index (κ1) is 7.81. The van der Waals surface area contributed by atoms with Crippen LogP contribution in [0.25, 0.3) is 0 Å². The highest BCUT2D eigenvalue weighted by Crippen LogP contribution is 1.83. The Labute approximate surface area is 52.8 Å². The Morgan fingerprint density at radius 3 is 2.67 bits per heavy atom. The van der Waals surface area contributed by atoms with E-state index >= 15 is 0 Å². The van der Waals surface area contributed by atoms with Crippen molar-refractivity contribution in [1.29, 1.82) is 0 Å². The van der Waals surface area contributed by atoms with E-state index in [1.165, 1.54) is 7.05 Å². The van der Waals surface area contributed by atoms with Crippen molar-refractivity contribution < 1.29 is 4.39 Å². The summed E-state index contributed by atoms with van der Waals surface area (Å²) in [6, 6.07) is 0. The largest absolute Gasteiger partial charge is 0.368 e. The SMILES string of the molecule is C=C(F)C=NC(N)=NC. The van der Waals surface area contributed by atoms with E-state index in [1.807, 2.05) is 0 Å². The standard InChI is InChI=1S/C5H8FN3/c1-4(6)3-9-5(7)8-2/h3H,1H2,2H3,(H2,7,8). The predicted molar refractivity (Wildman–Crippen MR) is 36.3 cm³/mol. The monoisotopic (exact) mass is 129 g/mol. The highest BCUT2D eigenvalue weighted by molar-refractivity contribution is 5.90. The molecular weight excluding hydrogens is 121 g/mol. The van der Waals surface area contributed by atoms with Crippen LogP contribution in [0.2, 0.25) is 0 Å². The molecule has 0 unspecified atom stereocenters. The Bertz CT molecular complexity index is 160. The highest BCUT2D eigenvalue weighted by atomic mass is 19.1. The van der Waals surface area contributed by atoms with Gasteiger partial charge in [0.05, 0.1) is 6.21 Å². The molecular formula is C5H8FN3. The fraction of sp³-hybridized carbons (Fsp3) is 0.200. The van der Waals surface area contributed by atoms with E-state index in [0.29, 0.717) is 0 Å². The lowest BCUT2D eigenvalue weighted by atomic mass is 10.6. The summed E-state index contributed by atoms with van der Waals surface area (Å²) in [6.45, 7) is 2.93. The van der Waals surface area contributed by atoms with E-state index in [9.17, 15) is 4.39 Å². The van der Waals surface area contributed by atoms with Crippen molar-refractivity contribution in [3.8, 4) is 0 Å². The number of aliphatic imine (C=N–C) groups is 2. The van der Waals surface area contributed by atoms with Crippen LogP contribution < -0.4 is 5.73 Å². The molecule has 0 aromatic rings. The van der Waals surface area contributed by atoms with Crippen molar-refractivity contribution in [3.63, 3.8) is 0 Å². The van der Waals surface area contributed by atoms with Crippen LogP contribution in [0.5, 0.6) is 0 Å². The minimum atomic E-state index is -0.637. The molecule has 0 amide bonds. The summed E-state index contributed by atoms with van der Waals surface area (Å²) >= 11 is 0. The third-order valence-corrected chi connectivity index (χ3v) is 0.566. The zero-order chi connectivity index (χ0) is 7.28. The summed E-state index contributed by atoms with van der Waals surface area (Å²) in [5.41, 5.74) is 5.07. The van der Waals surface area contributed by atoms with Gasteiger partial charge < -0.3 is 5.73 Å². The van der Waals surface area contributed by atoms with Gasteiger partial charge in [-0.25, -0.2) is 9.38 Å². The second kappa shape index (κ2) is 3.77. The Morgan fingerprint density at radius 2 is 2.33 bits per heavy atom. The molecule has 0 aromatic carbocycles. The number of rotatable bonds is 1. The van der Waals surface area contributed by atoms with Gasteiger partial charge in [0.25, 0.3) is 0 Å². The number of nitrogens with two attached hydrogens (primary N) is 1. The van der Waals surface area contributed by atoms with Crippen LogP contribution in [0, 0.1) is 0 Å². The molecule has 0 saturated heterocycles. The number of hydrogen-bond acceptors (Lipinski definition) is 1. The van der Waals surface area contributed by atoms with Gasteiger partial charge in [-0.15, -0.1) is 0 Å². The summed E-state index contributed by atoms with van der Waals surface area (Å²) in [6.07, 6.45) is 0.905. The molecule has 0 bridgehead atoms. The van der Waals surface area contributed by atoms with Crippen LogP contribution in [-0.2, 0) is 0 Å². The maximum absolute atomic E-state index is 11.7. The maximum atomic E-state index is 11.7. The van der Waals surface area contributed by atoms with Crippen LogP contribution in [0.1, 0.15) is 0 Å². The van der Waals surface area contributed by atoms with Crippen molar-refractivity contribution in [1.82, 2.24) is 0 Å². The van der Waals surface area contributed by atoms with Gasteiger partial charge in [-0.05, 0) is 0 Å². The molecule has 0 aliphatic carbocycles. The molecule has 4 heteroatoms.